The highest BCUT2D eigenvalue weighted by Gasteiger charge is 2.32. The van der Waals surface area contributed by atoms with E-state index in [9.17, 15) is 13.2 Å². The van der Waals surface area contributed by atoms with Crippen LogP contribution >= 0.6 is 0 Å². The van der Waals surface area contributed by atoms with E-state index in [2.05, 4.69) is 0 Å². The van der Waals surface area contributed by atoms with Crippen LogP contribution in [0.5, 0.6) is 0 Å². The molecule has 0 aromatic heterocycles. The molecule has 1 aromatic carbocycles. The highest BCUT2D eigenvalue weighted by Crippen LogP contribution is 2.21. The number of ether oxygens (including phenoxy) is 1. The summed E-state index contributed by atoms with van der Waals surface area (Å²) in [6.45, 7) is 3.59. The van der Waals surface area contributed by atoms with Gasteiger partial charge in [-0.3, -0.25) is 9.10 Å². The molecule has 116 valence electrons. The van der Waals surface area contributed by atoms with Gasteiger partial charge in [0.2, 0.25) is 15.9 Å². The number of hydrogen-bond acceptors (Lipinski definition) is 4. The van der Waals surface area contributed by atoms with Crippen LogP contribution in [0.15, 0.2) is 30.3 Å². The molecule has 1 heterocycles. The third-order valence-electron chi connectivity index (χ3n) is 3.40. The normalized spacial score (nSPS) is 17.3. The van der Waals surface area contributed by atoms with Crippen LogP contribution in [0.25, 0.3) is 0 Å². The maximum absolute atomic E-state index is 12.5. The summed E-state index contributed by atoms with van der Waals surface area (Å²) in [6, 6.07) is 7.89. The first-order valence-corrected chi connectivity index (χ1v) is 8.67. The van der Waals surface area contributed by atoms with Gasteiger partial charge < -0.3 is 9.64 Å². The number of rotatable bonds is 4. The first-order chi connectivity index (χ1) is 9.91. The molecule has 0 spiro atoms. The van der Waals surface area contributed by atoms with Crippen molar-refractivity contribution < 1.29 is 17.9 Å². The van der Waals surface area contributed by atoms with Gasteiger partial charge in [0.15, 0.2) is 0 Å². The Morgan fingerprint density at radius 2 is 1.81 bits per heavy atom. The third kappa shape index (κ3) is 3.74. The summed E-state index contributed by atoms with van der Waals surface area (Å²) in [5.41, 5.74) is 0.495. The Bertz CT molecular complexity index is 582. The minimum absolute atomic E-state index is 0.201. The highest BCUT2D eigenvalue weighted by molar-refractivity contribution is 7.92. The van der Waals surface area contributed by atoms with Gasteiger partial charge in [0.05, 0.1) is 25.2 Å². The predicted molar refractivity (Wildman–Crippen MR) is 80.6 cm³/mol. The summed E-state index contributed by atoms with van der Waals surface area (Å²) in [7, 11) is -3.55. The maximum Gasteiger partial charge on any atom is 0.246 e. The van der Waals surface area contributed by atoms with Crippen molar-refractivity contribution in [2.75, 3.05) is 36.9 Å². The summed E-state index contributed by atoms with van der Waals surface area (Å²) < 4.78 is 30.6. The number of carbonyl (C=O) groups is 1. The fourth-order valence-corrected chi connectivity index (χ4v) is 3.59. The van der Waals surface area contributed by atoms with Gasteiger partial charge in [0.25, 0.3) is 0 Å². The van der Waals surface area contributed by atoms with Crippen LogP contribution in [0, 0.1) is 0 Å². The summed E-state index contributed by atoms with van der Waals surface area (Å²) in [5.74, 6) is -0.201. The van der Waals surface area contributed by atoms with Crippen molar-refractivity contribution >= 4 is 21.6 Å². The molecular formula is C14H20N2O4S. The first-order valence-electron chi connectivity index (χ1n) is 6.82. The van der Waals surface area contributed by atoms with Crippen LogP contribution in [0.4, 0.5) is 5.69 Å². The molecule has 7 heteroatoms. The standard InChI is InChI=1S/C14H20N2O4S/c1-12(14(17)15-8-10-20-11-9-15)16(21(2,18)19)13-6-4-3-5-7-13/h3-7,12H,8-11H2,1-2H3. The number of anilines is 1. The van der Waals surface area contributed by atoms with Gasteiger partial charge in [-0.25, -0.2) is 8.42 Å². The van der Waals surface area contributed by atoms with Crippen molar-refractivity contribution in [2.24, 2.45) is 0 Å². The van der Waals surface area contributed by atoms with Gasteiger partial charge in [-0.1, -0.05) is 18.2 Å². The van der Waals surface area contributed by atoms with E-state index in [0.29, 0.717) is 32.0 Å². The highest BCUT2D eigenvalue weighted by atomic mass is 32.2. The quantitative estimate of drug-likeness (QED) is 0.821. The van der Waals surface area contributed by atoms with Gasteiger partial charge in [-0.2, -0.15) is 0 Å². The van der Waals surface area contributed by atoms with E-state index in [1.165, 1.54) is 4.31 Å². The molecule has 0 radical (unpaired) electrons. The molecule has 0 N–H and O–H groups in total. The minimum Gasteiger partial charge on any atom is -0.378 e. The first kappa shape index (κ1) is 15.8. The van der Waals surface area contributed by atoms with E-state index in [0.717, 1.165) is 6.26 Å². The molecule has 21 heavy (non-hydrogen) atoms. The second kappa shape index (κ2) is 6.44. The molecule has 1 unspecified atom stereocenters. The molecule has 2 rings (SSSR count). The monoisotopic (exact) mass is 312 g/mol. The average molecular weight is 312 g/mol. The summed E-state index contributed by atoms with van der Waals surface area (Å²) in [6.07, 6.45) is 1.11. The Kier molecular flexibility index (Phi) is 4.84. The van der Waals surface area contributed by atoms with Crippen molar-refractivity contribution in [2.45, 2.75) is 13.0 Å². The zero-order valence-corrected chi connectivity index (χ0v) is 13.0. The maximum atomic E-state index is 12.5. The number of carbonyl (C=O) groups excluding carboxylic acids is 1. The van der Waals surface area contributed by atoms with Crippen LogP contribution in [-0.4, -0.2) is 57.8 Å². The van der Waals surface area contributed by atoms with E-state index in [1.807, 2.05) is 0 Å². The van der Waals surface area contributed by atoms with Crippen LogP contribution in [0.2, 0.25) is 0 Å². The van der Waals surface area contributed by atoms with E-state index < -0.39 is 16.1 Å². The number of amides is 1. The lowest BCUT2D eigenvalue weighted by atomic mass is 10.2. The van der Waals surface area contributed by atoms with Crippen molar-refractivity contribution in [3.8, 4) is 0 Å². The van der Waals surface area contributed by atoms with Crippen LogP contribution < -0.4 is 4.31 Å². The second-order valence-corrected chi connectivity index (χ2v) is 6.87. The van der Waals surface area contributed by atoms with Crippen molar-refractivity contribution in [3.05, 3.63) is 30.3 Å². The second-order valence-electron chi connectivity index (χ2n) is 5.01. The van der Waals surface area contributed by atoms with Crippen molar-refractivity contribution in [3.63, 3.8) is 0 Å². The molecule has 1 aliphatic heterocycles. The Morgan fingerprint density at radius 3 is 2.33 bits per heavy atom. The number of nitrogens with zero attached hydrogens (tertiary/aromatic N) is 2. The minimum atomic E-state index is -3.55. The molecule has 1 aromatic rings. The summed E-state index contributed by atoms with van der Waals surface area (Å²) in [5, 5.41) is 0. The summed E-state index contributed by atoms with van der Waals surface area (Å²) >= 11 is 0. The SMILES string of the molecule is CC(C(=O)N1CCOCC1)N(c1ccccc1)S(C)(=O)=O. The average Bonchev–Trinajstić information content (AvgIpc) is 2.47. The molecular weight excluding hydrogens is 292 g/mol. The largest absolute Gasteiger partial charge is 0.378 e. The molecule has 0 aliphatic carbocycles. The molecule has 0 saturated carbocycles. The smallest absolute Gasteiger partial charge is 0.246 e. The predicted octanol–water partition coefficient (Wildman–Crippen LogP) is 0.700. The molecule has 6 nitrogen and oxygen atoms in total. The Morgan fingerprint density at radius 1 is 1.24 bits per heavy atom. The molecule has 1 aliphatic rings. The van der Waals surface area contributed by atoms with Crippen molar-refractivity contribution in [1.82, 2.24) is 4.90 Å². The van der Waals surface area contributed by atoms with Gasteiger partial charge in [-0.05, 0) is 19.1 Å². The zero-order chi connectivity index (χ0) is 15.5. The number of sulfonamides is 1. The van der Waals surface area contributed by atoms with E-state index in [4.69, 9.17) is 4.74 Å². The van der Waals surface area contributed by atoms with E-state index >= 15 is 0 Å². The Labute approximate surface area is 125 Å². The van der Waals surface area contributed by atoms with Gasteiger partial charge in [-0.15, -0.1) is 0 Å². The lowest BCUT2D eigenvalue weighted by molar-refractivity contribution is -0.136. The Hall–Kier alpha value is -1.60. The van der Waals surface area contributed by atoms with E-state index in [1.54, 1.807) is 42.2 Å². The lowest BCUT2D eigenvalue weighted by Crippen LogP contribution is -2.52. The molecule has 1 saturated heterocycles. The fraction of sp³-hybridized carbons (Fsp3) is 0.500. The number of hydrogen-bond donors (Lipinski definition) is 0. The van der Waals surface area contributed by atoms with Crippen LogP contribution in [-0.2, 0) is 19.6 Å². The van der Waals surface area contributed by atoms with Gasteiger partial charge in [0, 0.05) is 13.1 Å². The molecule has 1 atom stereocenters. The third-order valence-corrected chi connectivity index (χ3v) is 4.64. The van der Waals surface area contributed by atoms with Crippen LogP contribution in [0.1, 0.15) is 6.92 Å². The molecule has 0 bridgehead atoms. The Balaban J connectivity index is 2.27. The molecule has 1 fully saturated rings. The van der Waals surface area contributed by atoms with E-state index in [-0.39, 0.29) is 5.91 Å². The molecule has 1 amide bonds. The lowest BCUT2D eigenvalue weighted by Gasteiger charge is -2.34. The topological polar surface area (TPSA) is 66.9 Å². The number of morpholine rings is 1. The number of para-hydroxylation sites is 1. The van der Waals surface area contributed by atoms with Gasteiger partial charge in [0.1, 0.15) is 6.04 Å². The van der Waals surface area contributed by atoms with Gasteiger partial charge >= 0.3 is 0 Å². The summed E-state index contributed by atoms with van der Waals surface area (Å²) in [4.78, 5) is 14.2. The van der Waals surface area contributed by atoms with Crippen LogP contribution in [0.3, 0.4) is 0 Å². The fourth-order valence-electron chi connectivity index (χ4n) is 2.43. The van der Waals surface area contributed by atoms with Crippen molar-refractivity contribution in [1.29, 1.82) is 0 Å². The number of benzene rings is 1. The zero-order valence-electron chi connectivity index (χ0n) is 12.2.